The Hall–Kier alpha value is -2.70. The van der Waals surface area contributed by atoms with Gasteiger partial charge in [-0.2, -0.15) is 0 Å². The van der Waals surface area contributed by atoms with Gasteiger partial charge in [-0.1, -0.05) is 24.6 Å². The number of benzene rings is 1. The first-order chi connectivity index (χ1) is 12.9. The summed E-state index contributed by atoms with van der Waals surface area (Å²) >= 11 is 6.28. The molecule has 2 aliphatic heterocycles. The maximum Gasteiger partial charge on any atom is 0.343 e. The molecule has 3 aromatic rings. The van der Waals surface area contributed by atoms with Crippen molar-refractivity contribution in [1.29, 1.82) is 0 Å². The Kier molecular flexibility index (Phi) is 3.30. The number of aliphatic hydroxyl groups is 1. The zero-order valence-corrected chi connectivity index (χ0v) is 15.2. The second-order valence-corrected chi connectivity index (χ2v) is 7.31. The van der Waals surface area contributed by atoms with Crippen LogP contribution in [-0.2, 0) is 28.3 Å². The number of aromatic nitrogens is 2. The molecule has 7 heteroatoms. The Bertz CT molecular complexity index is 1220. The molecule has 136 valence electrons. The summed E-state index contributed by atoms with van der Waals surface area (Å²) in [6.45, 7) is 1.92. The maximum absolute atomic E-state index is 13.1. The van der Waals surface area contributed by atoms with Crippen LogP contribution in [0.15, 0.2) is 35.1 Å². The number of carbonyl (C=O) groups excluding carboxylic acids is 1. The van der Waals surface area contributed by atoms with E-state index in [1.165, 1.54) is 0 Å². The molecule has 0 radical (unpaired) electrons. The zero-order valence-electron chi connectivity index (χ0n) is 14.5. The molecule has 2 aliphatic rings. The molecule has 1 N–H and O–H groups in total. The second kappa shape index (κ2) is 5.41. The molecule has 1 atom stereocenters. The minimum atomic E-state index is -1.81. The topological polar surface area (TPSA) is 81.4 Å². The molecule has 0 saturated heterocycles. The molecule has 27 heavy (non-hydrogen) atoms. The molecule has 1 aromatic carbocycles. The van der Waals surface area contributed by atoms with Crippen molar-refractivity contribution in [2.24, 2.45) is 0 Å². The van der Waals surface area contributed by atoms with Crippen LogP contribution >= 0.6 is 11.6 Å². The van der Waals surface area contributed by atoms with Crippen molar-refractivity contribution >= 4 is 28.5 Å². The Morgan fingerprint density at radius 3 is 2.93 bits per heavy atom. The van der Waals surface area contributed by atoms with Crippen molar-refractivity contribution in [2.75, 3.05) is 0 Å². The van der Waals surface area contributed by atoms with Crippen molar-refractivity contribution < 1.29 is 14.6 Å². The van der Waals surface area contributed by atoms with E-state index in [1.807, 2.05) is 18.2 Å². The fourth-order valence-electron chi connectivity index (χ4n) is 3.97. The van der Waals surface area contributed by atoms with Gasteiger partial charge < -0.3 is 14.4 Å². The van der Waals surface area contributed by atoms with Gasteiger partial charge in [0.15, 0.2) is 5.60 Å². The molecule has 0 spiro atoms. The fourth-order valence-corrected chi connectivity index (χ4v) is 4.19. The number of hydrogen-bond donors (Lipinski definition) is 1. The van der Waals surface area contributed by atoms with Gasteiger partial charge in [-0.3, -0.25) is 4.79 Å². The van der Waals surface area contributed by atoms with Crippen molar-refractivity contribution in [3.8, 4) is 11.4 Å². The average molecular weight is 383 g/mol. The van der Waals surface area contributed by atoms with Crippen molar-refractivity contribution in [3.05, 3.63) is 62.4 Å². The molecule has 6 nitrogen and oxygen atoms in total. The molecule has 4 heterocycles. The highest BCUT2D eigenvalue weighted by molar-refractivity contribution is 6.35. The lowest BCUT2D eigenvalue weighted by Gasteiger charge is -2.31. The van der Waals surface area contributed by atoms with Crippen LogP contribution in [-0.4, -0.2) is 20.6 Å². The molecule has 0 fully saturated rings. The van der Waals surface area contributed by atoms with E-state index in [-0.39, 0.29) is 18.6 Å². The Labute approximate surface area is 159 Å². The van der Waals surface area contributed by atoms with Crippen molar-refractivity contribution in [2.45, 2.75) is 32.1 Å². The van der Waals surface area contributed by atoms with Crippen LogP contribution in [0.25, 0.3) is 22.3 Å². The SMILES string of the molecule is CC[C@@]1(O)C(=O)OCc2c1cc1n(c2=O)Cc2cc3c(Cl)cccc3nc2-1. The number of nitrogens with zero attached hydrogens (tertiary/aromatic N) is 2. The van der Waals surface area contributed by atoms with Gasteiger partial charge in [0.25, 0.3) is 5.56 Å². The maximum atomic E-state index is 13.1. The smallest absolute Gasteiger partial charge is 0.343 e. The van der Waals surface area contributed by atoms with Gasteiger partial charge >= 0.3 is 5.97 Å². The van der Waals surface area contributed by atoms with Gasteiger partial charge in [0.1, 0.15) is 6.61 Å². The largest absolute Gasteiger partial charge is 0.458 e. The van der Waals surface area contributed by atoms with Crippen LogP contribution in [0.1, 0.15) is 30.0 Å². The van der Waals surface area contributed by atoms with E-state index in [0.29, 0.717) is 34.1 Å². The first-order valence-electron chi connectivity index (χ1n) is 8.69. The summed E-state index contributed by atoms with van der Waals surface area (Å²) < 4.78 is 6.68. The minimum Gasteiger partial charge on any atom is -0.458 e. The summed E-state index contributed by atoms with van der Waals surface area (Å²) in [6.07, 6.45) is 0.120. The summed E-state index contributed by atoms with van der Waals surface area (Å²) in [5.41, 5.74) is 1.42. The van der Waals surface area contributed by atoms with Gasteiger partial charge in [0.2, 0.25) is 0 Å². The number of fused-ring (bicyclic) bond motifs is 5. The summed E-state index contributed by atoms with van der Waals surface area (Å²) in [7, 11) is 0. The standard InChI is InChI=1S/C20H15ClN2O4/c1-2-20(26)13-7-16-17-10(6-11-14(21)4-3-5-15(11)22-17)8-23(16)18(24)12(13)9-27-19(20)25/h3-7,26H,2,8-9H2,1H3/t20-/m0/s1. The Morgan fingerprint density at radius 2 is 2.15 bits per heavy atom. The molecular weight excluding hydrogens is 368 g/mol. The molecule has 0 unspecified atom stereocenters. The van der Waals surface area contributed by atoms with Gasteiger partial charge in [-0.05, 0) is 30.7 Å². The highest BCUT2D eigenvalue weighted by atomic mass is 35.5. The number of pyridine rings is 2. The highest BCUT2D eigenvalue weighted by Gasteiger charge is 2.45. The van der Waals surface area contributed by atoms with Crippen molar-refractivity contribution in [3.63, 3.8) is 0 Å². The number of esters is 1. The lowest BCUT2D eigenvalue weighted by Crippen LogP contribution is -2.44. The number of cyclic esters (lactones) is 1. The van der Waals surface area contributed by atoms with E-state index in [0.717, 1.165) is 16.5 Å². The minimum absolute atomic E-state index is 0.120. The van der Waals surface area contributed by atoms with Crippen LogP contribution in [0.4, 0.5) is 0 Å². The summed E-state index contributed by atoms with van der Waals surface area (Å²) in [4.78, 5) is 29.9. The summed E-state index contributed by atoms with van der Waals surface area (Å²) in [5, 5.41) is 12.3. The van der Waals surface area contributed by atoms with Gasteiger partial charge in [-0.15, -0.1) is 0 Å². The number of hydrogen-bond acceptors (Lipinski definition) is 5. The van der Waals surface area contributed by atoms with Crippen LogP contribution in [0, 0.1) is 0 Å². The fraction of sp³-hybridized carbons (Fsp3) is 0.250. The monoisotopic (exact) mass is 382 g/mol. The zero-order chi connectivity index (χ0) is 18.9. The number of halogens is 1. The van der Waals surface area contributed by atoms with E-state index in [4.69, 9.17) is 21.3 Å². The molecule has 0 bridgehead atoms. The van der Waals surface area contributed by atoms with E-state index < -0.39 is 11.6 Å². The quantitative estimate of drug-likeness (QED) is 0.512. The third-order valence-electron chi connectivity index (χ3n) is 5.50. The van der Waals surface area contributed by atoms with Gasteiger partial charge in [0, 0.05) is 21.5 Å². The lowest BCUT2D eigenvalue weighted by molar-refractivity contribution is -0.172. The van der Waals surface area contributed by atoms with E-state index in [1.54, 1.807) is 23.6 Å². The predicted octanol–water partition coefficient (Wildman–Crippen LogP) is 2.73. The molecule has 2 aromatic heterocycles. The van der Waals surface area contributed by atoms with Crippen molar-refractivity contribution in [1.82, 2.24) is 9.55 Å². The third kappa shape index (κ3) is 2.08. The van der Waals surface area contributed by atoms with Crippen LogP contribution in [0.5, 0.6) is 0 Å². The summed E-state index contributed by atoms with van der Waals surface area (Å²) in [6, 6.07) is 9.13. The van der Waals surface area contributed by atoms with Crippen LogP contribution < -0.4 is 5.56 Å². The molecular formula is C20H15ClN2O4. The third-order valence-corrected chi connectivity index (χ3v) is 5.83. The van der Waals surface area contributed by atoms with E-state index in [9.17, 15) is 14.7 Å². The second-order valence-electron chi connectivity index (χ2n) is 6.91. The van der Waals surface area contributed by atoms with Gasteiger partial charge in [0.05, 0.1) is 29.0 Å². The van der Waals surface area contributed by atoms with E-state index >= 15 is 0 Å². The lowest BCUT2D eigenvalue weighted by atomic mass is 9.86. The normalized spacial score (nSPS) is 20.2. The highest BCUT2D eigenvalue weighted by Crippen LogP contribution is 2.39. The number of rotatable bonds is 1. The number of ether oxygens (including phenoxy) is 1. The Balaban J connectivity index is 1.81. The van der Waals surface area contributed by atoms with Gasteiger partial charge in [-0.25, -0.2) is 9.78 Å². The number of carbonyl (C=O) groups is 1. The molecule has 5 rings (SSSR count). The van der Waals surface area contributed by atoms with E-state index in [2.05, 4.69) is 0 Å². The van der Waals surface area contributed by atoms with Crippen LogP contribution in [0.2, 0.25) is 5.02 Å². The first-order valence-corrected chi connectivity index (χ1v) is 9.07. The molecule has 0 amide bonds. The Morgan fingerprint density at radius 1 is 1.33 bits per heavy atom. The predicted molar refractivity (Wildman–Crippen MR) is 99.5 cm³/mol. The summed E-state index contributed by atoms with van der Waals surface area (Å²) in [5.74, 6) is -0.724. The van der Waals surface area contributed by atoms with Crippen LogP contribution in [0.3, 0.4) is 0 Å². The first kappa shape index (κ1) is 16.5. The molecule has 0 aliphatic carbocycles. The average Bonchev–Trinajstić information content (AvgIpc) is 3.02. The molecule has 0 saturated carbocycles.